The van der Waals surface area contributed by atoms with Gasteiger partial charge in [0.05, 0.1) is 7.11 Å². The lowest BCUT2D eigenvalue weighted by molar-refractivity contribution is -0.147. The average Bonchev–Trinajstić information content (AvgIpc) is 2.37. The van der Waals surface area contributed by atoms with Crippen LogP contribution < -0.4 is 5.32 Å². The summed E-state index contributed by atoms with van der Waals surface area (Å²) >= 11 is 2.02. The molecule has 1 fully saturated rings. The van der Waals surface area contributed by atoms with Crippen molar-refractivity contribution in [2.24, 2.45) is 5.92 Å². The third-order valence-corrected chi connectivity index (χ3v) is 5.37. The third-order valence-electron chi connectivity index (χ3n) is 4.03. The molecule has 3 unspecified atom stereocenters. The first-order valence-corrected chi connectivity index (χ1v) is 7.95. The summed E-state index contributed by atoms with van der Waals surface area (Å²) in [5.74, 6) is 1.72. The van der Waals surface area contributed by atoms with Gasteiger partial charge < -0.3 is 10.1 Å². The van der Waals surface area contributed by atoms with Gasteiger partial charge >= 0.3 is 5.97 Å². The molecule has 0 radical (unpaired) electrons. The molecule has 1 rings (SSSR count). The van der Waals surface area contributed by atoms with Gasteiger partial charge in [-0.1, -0.05) is 19.8 Å². The lowest BCUT2D eigenvalue weighted by atomic mass is 9.91. The van der Waals surface area contributed by atoms with E-state index < -0.39 is 5.54 Å². The Morgan fingerprint density at radius 3 is 2.78 bits per heavy atom. The van der Waals surface area contributed by atoms with E-state index in [4.69, 9.17) is 4.74 Å². The first kappa shape index (κ1) is 15.8. The minimum absolute atomic E-state index is 0.164. The number of nitrogens with one attached hydrogen (secondary N) is 1. The summed E-state index contributed by atoms with van der Waals surface area (Å²) in [6.45, 7) is 4.27. The third kappa shape index (κ3) is 4.47. The second kappa shape index (κ2) is 7.39. The van der Waals surface area contributed by atoms with Gasteiger partial charge in [0.25, 0.3) is 0 Å². The fraction of sp³-hybridized carbons (Fsp3) is 0.929. The SMILES string of the molecule is CNC(C)(CCSC1CCCC(C)C1)C(=O)OC. The number of ether oxygens (including phenoxy) is 1. The van der Waals surface area contributed by atoms with E-state index in [0.29, 0.717) is 0 Å². The van der Waals surface area contributed by atoms with Crippen molar-refractivity contribution in [1.82, 2.24) is 5.32 Å². The second-order valence-electron chi connectivity index (χ2n) is 5.59. The Labute approximate surface area is 115 Å². The van der Waals surface area contributed by atoms with E-state index in [0.717, 1.165) is 23.3 Å². The summed E-state index contributed by atoms with van der Waals surface area (Å²) < 4.78 is 4.86. The maximum Gasteiger partial charge on any atom is 0.325 e. The van der Waals surface area contributed by atoms with Crippen LogP contribution in [0.15, 0.2) is 0 Å². The van der Waals surface area contributed by atoms with Crippen LogP contribution in [0, 0.1) is 5.92 Å². The molecule has 3 nitrogen and oxygen atoms in total. The van der Waals surface area contributed by atoms with Crippen molar-refractivity contribution < 1.29 is 9.53 Å². The minimum atomic E-state index is -0.540. The predicted molar refractivity (Wildman–Crippen MR) is 78.0 cm³/mol. The van der Waals surface area contributed by atoms with E-state index in [1.165, 1.54) is 32.8 Å². The van der Waals surface area contributed by atoms with Crippen LogP contribution in [0.1, 0.15) is 46.0 Å². The Hall–Kier alpha value is -0.220. The topological polar surface area (TPSA) is 38.3 Å². The Balaban J connectivity index is 2.33. The van der Waals surface area contributed by atoms with E-state index in [1.54, 1.807) is 0 Å². The minimum Gasteiger partial charge on any atom is -0.468 e. The van der Waals surface area contributed by atoms with Crippen LogP contribution in [0.3, 0.4) is 0 Å². The van der Waals surface area contributed by atoms with Gasteiger partial charge in [-0.3, -0.25) is 4.79 Å². The monoisotopic (exact) mass is 273 g/mol. The zero-order valence-corrected chi connectivity index (χ0v) is 12.9. The van der Waals surface area contributed by atoms with Crippen LogP contribution in [0.2, 0.25) is 0 Å². The quantitative estimate of drug-likeness (QED) is 0.755. The number of thioether (sulfide) groups is 1. The summed E-state index contributed by atoms with van der Waals surface area (Å²) in [7, 11) is 3.28. The van der Waals surface area contributed by atoms with Crippen molar-refractivity contribution in [3.05, 3.63) is 0 Å². The molecule has 1 aliphatic carbocycles. The number of esters is 1. The first-order chi connectivity index (χ1) is 8.51. The molecule has 4 heteroatoms. The largest absolute Gasteiger partial charge is 0.468 e. The molecule has 1 saturated carbocycles. The normalized spacial score (nSPS) is 27.6. The van der Waals surface area contributed by atoms with Gasteiger partial charge in [-0.15, -0.1) is 0 Å². The van der Waals surface area contributed by atoms with Crippen molar-refractivity contribution in [2.75, 3.05) is 19.9 Å². The Kier molecular flexibility index (Phi) is 6.50. The van der Waals surface area contributed by atoms with Crippen molar-refractivity contribution in [2.45, 2.75) is 56.7 Å². The van der Waals surface area contributed by atoms with Gasteiger partial charge in [0.2, 0.25) is 0 Å². The first-order valence-electron chi connectivity index (χ1n) is 6.90. The highest BCUT2D eigenvalue weighted by atomic mass is 32.2. The molecule has 1 aliphatic rings. The number of likely N-dealkylation sites (N-methyl/N-ethyl adjacent to an activating group) is 1. The van der Waals surface area contributed by atoms with Crippen LogP contribution in [0.5, 0.6) is 0 Å². The van der Waals surface area contributed by atoms with Crippen LogP contribution in [0.25, 0.3) is 0 Å². The van der Waals surface area contributed by atoms with E-state index >= 15 is 0 Å². The number of methoxy groups -OCH3 is 1. The molecule has 0 spiro atoms. The van der Waals surface area contributed by atoms with Crippen molar-refractivity contribution in [3.63, 3.8) is 0 Å². The summed E-state index contributed by atoms with van der Waals surface area (Å²) in [4.78, 5) is 11.7. The molecule has 1 N–H and O–H groups in total. The molecule has 18 heavy (non-hydrogen) atoms. The molecule has 0 aliphatic heterocycles. The molecule has 0 aromatic heterocycles. The molecular formula is C14H27NO2S. The van der Waals surface area contributed by atoms with E-state index in [2.05, 4.69) is 12.2 Å². The molecule has 0 bridgehead atoms. The zero-order valence-electron chi connectivity index (χ0n) is 12.1. The molecule has 3 atom stereocenters. The molecule has 106 valence electrons. The Morgan fingerprint density at radius 1 is 1.50 bits per heavy atom. The molecule has 0 aromatic rings. The highest BCUT2D eigenvalue weighted by Crippen LogP contribution is 2.32. The van der Waals surface area contributed by atoms with Crippen LogP contribution in [0.4, 0.5) is 0 Å². The van der Waals surface area contributed by atoms with E-state index in [9.17, 15) is 4.79 Å². The van der Waals surface area contributed by atoms with Gasteiger partial charge in [0, 0.05) is 5.25 Å². The summed E-state index contributed by atoms with van der Waals surface area (Å²) in [5.41, 5.74) is -0.540. The maximum absolute atomic E-state index is 11.7. The van der Waals surface area contributed by atoms with Gasteiger partial charge in [-0.05, 0) is 44.9 Å². The molecular weight excluding hydrogens is 246 g/mol. The highest BCUT2D eigenvalue weighted by Gasteiger charge is 2.32. The van der Waals surface area contributed by atoms with Gasteiger partial charge in [-0.2, -0.15) is 11.8 Å². The van der Waals surface area contributed by atoms with Crippen molar-refractivity contribution >= 4 is 17.7 Å². The summed E-state index contributed by atoms with van der Waals surface area (Å²) in [5, 5.41) is 3.87. The fourth-order valence-corrected chi connectivity index (χ4v) is 4.17. The summed E-state index contributed by atoms with van der Waals surface area (Å²) in [6, 6.07) is 0. The van der Waals surface area contributed by atoms with E-state index in [1.807, 2.05) is 25.7 Å². The van der Waals surface area contributed by atoms with Gasteiger partial charge in [-0.25, -0.2) is 0 Å². The predicted octanol–water partition coefficient (Wildman–Crippen LogP) is 2.84. The molecule has 0 amide bonds. The lowest BCUT2D eigenvalue weighted by Crippen LogP contribution is -2.48. The molecule has 0 saturated heterocycles. The standard InChI is InChI=1S/C14H27NO2S/c1-11-6-5-7-12(10-11)18-9-8-14(2,15-3)13(16)17-4/h11-12,15H,5-10H2,1-4H3. The van der Waals surface area contributed by atoms with E-state index in [-0.39, 0.29) is 5.97 Å². The number of carbonyl (C=O) groups excluding carboxylic acids is 1. The fourth-order valence-electron chi connectivity index (χ4n) is 2.51. The van der Waals surface area contributed by atoms with Crippen LogP contribution in [-0.2, 0) is 9.53 Å². The molecule has 0 aromatic carbocycles. The zero-order chi connectivity index (χ0) is 13.6. The number of hydrogen-bond acceptors (Lipinski definition) is 4. The maximum atomic E-state index is 11.7. The average molecular weight is 273 g/mol. The Bertz CT molecular complexity index is 273. The van der Waals surface area contributed by atoms with Gasteiger partial charge in [0.15, 0.2) is 0 Å². The number of hydrogen-bond donors (Lipinski definition) is 1. The van der Waals surface area contributed by atoms with Gasteiger partial charge in [0.1, 0.15) is 5.54 Å². The van der Waals surface area contributed by atoms with Crippen LogP contribution in [-0.4, -0.2) is 36.7 Å². The number of carbonyl (C=O) groups is 1. The Morgan fingerprint density at radius 2 is 2.22 bits per heavy atom. The van der Waals surface area contributed by atoms with Crippen molar-refractivity contribution in [3.8, 4) is 0 Å². The smallest absolute Gasteiger partial charge is 0.325 e. The van der Waals surface area contributed by atoms with Crippen molar-refractivity contribution in [1.29, 1.82) is 0 Å². The lowest BCUT2D eigenvalue weighted by Gasteiger charge is -2.29. The molecule has 0 heterocycles. The number of rotatable bonds is 6. The summed E-state index contributed by atoms with van der Waals surface area (Å²) in [6.07, 6.45) is 6.24. The highest BCUT2D eigenvalue weighted by molar-refractivity contribution is 7.99. The second-order valence-corrected chi connectivity index (χ2v) is 7.00. The van der Waals surface area contributed by atoms with Crippen LogP contribution >= 0.6 is 11.8 Å².